The maximum atomic E-state index is 10.7. The molecule has 0 aromatic heterocycles. The Hall–Kier alpha value is -2.54. The molecule has 0 radical (unpaired) electrons. The molecule has 3 atom stereocenters. The first kappa shape index (κ1) is 17.8. The largest absolute Gasteiger partial charge is 0.240 e. The van der Waals surface area contributed by atoms with Gasteiger partial charge in [-0.15, -0.1) is 0 Å². The normalized spacial score (nSPS) is 26.1. The minimum atomic E-state index is 0.154. The van der Waals surface area contributed by atoms with Crippen molar-refractivity contribution in [3.63, 3.8) is 0 Å². The number of carbonyl (C=O) groups excluding carboxylic acids is 2. The number of aliphatic imine (C=N–C) groups is 2. The molecule has 0 spiro atoms. The van der Waals surface area contributed by atoms with E-state index in [0.717, 1.165) is 31.4 Å². The lowest BCUT2D eigenvalue weighted by Gasteiger charge is -2.19. The molecule has 0 aliphatic heterocycles. The highest BCUT2D eigenvalue weighted by Crippen LogP contribution is 2.28. The Morgan fingerprint density at radius 3 is 2.62 bits per heavy atom. The minimum absolute atomic E-state index is 0.154. The van der Waals surface area contributed by atoms with Gasteiger partial charge in [-0.05, 0) is 43.1 Å². The lowest BCUT2D eigenvalue weighted by Crippen LogP contribution is -2.07. The zero-order chi connectivity index (χ0) is 17.2. The zero-order valence-electron chi connectivity index (χ0n) is 13.9. The van der Waals surface area contributed by atoms with Gasteiger partial charge in [0.05, 0.1) is 11.4 Å². The van der Waals surface area contributed by atoms with Crippen LogP contribution in [0.25, 0.3) is 0 Å². The fourth-order valence-corrected chi connectivity index (χ4v) is 3.07. The molecule has 2 rings (SSSR count). The first-order valence-corrected chi connectivity index (χ1v) is 8.35. The van der Waals surface area contributed by atoms with E-state index in [2.05, 4.69) is 41.2 Å². The van der Waals surface area contributed by atoms with E-state index in [-0.39, 0.29) is 11.8 Å². The van der Waals surface area contributed by atoms with Crippen molar-refractivity contribution < 1.29 is 9.59 Å². The van der Waals surface area contributed by atoms with Crippen LogP contribution in [0.2, 0.25) is 0 Å². The van der Waals surface area contributed by atoms with Gasteiger partial charge in [-0.25, -0.2) is 9.59 Å². The zero-order valence-corrected chi connectivity index (χ0v) is 13.9. The van der Waals surface area contributed by atoms with Crippen molar-refractivity contribution in [1.82, 2.24) is 0 Å². The number of rotatable bonds is 5. The second kappa shape index (κ2) is 9.57. The minimum Gasteiger partial charge on any atom is -0.211 e. The summed E-state index contributed by atoms with van der Waals surface area (Å²) in [5, 5.41) is 0. The molecule has 0 amide bonds. The van der Waals surface area contributed by atoms with Gasteiger partial charge in [0, 0.05) is 0 Å². The molecule has 0 heterocycles. The van der Waals surface area contributed by atoms with E-state index in [4.69, 9.17) is 0 Å². The maximum Gasteiger partial charge on any atom is 0.240 e. The quantitative estimate of drug-likeness (QED) is 0.423. The van der Waals surface area contributed by atoms with Crippen molar-refractivity contribution in [2.45, 2.75) is 32.6 Å². The van der Waals surface area contributed by atoms with Crippen LogP contribution >= 0.6 is 0 Å². The number of isocyanates is 2. The molecule has 0 aromatic rings. The second-order valence-electron chi connectivity index (χ2n) is 6.11. The van der Waals surface area contributed by atoms with Gasteiger partial charge in [0.15, 0.2) is 0 Å². The molecular formula is C20H22N2O2. The Labute approximate surface area is 142 Å². The van der Waals surface area contributed by atoms with E-state index >= 15 is 0 Å². The lowest BCUT2D eigenvalue weighted by atomic mass is 9.87. The van der Waals surface area contributed by atoms with E-state index in [1.807, 2.05) is 18.2 Å². The molecule has 0 N–H and O–H groups in total. The summed E-state index contributed by atoms with van der Waals surface area (Å²) in [6.07, 6.45) is 23.1. The van der Waals surface area contributed by atoms with Gasteiger partial charge in [-0.3, -0.25) is 0 Å². The molecule has 4 nitrogen and oxygen atoms in total. The van der Waals surface area contributed by atoms with Gasteiger partial charge >= 0.3 is 0 Å². The number of hydrogen-bond acceptors (Lipinski definition) is 4. The van der Waals surface area contributed by atoms with Crippen molar-refractivity contribution in [3.8, 4) is 0 Å². The summed E-state index contributed by atoms with van der Waals surface area (Å²) in [6.45, 7) is 2.16. The standard InChI is InChI=1S/C20H22N2O2/c1-2-16-7-5-8-18(13-20(11-16)22-15-24)10-17-6-3-4-9-19(12-17)21-14-23/h3-6,8-9,12-13,16-18H,2,7,10-11H2,1H3. The summed E-state index contributed by atoms with van der Waals surface area (Å²) >= 11 is 0. The van der Waals surface area contributed by atoms with Crippen LogP contribution in [0.15, 0.2) is 70.0 Å². The number of allylic oxidation sites excluding steroid dienone is 9. The Morgan fingerprint density at radius 2 is 1.88 bits per heavy atom. The molecule has 2 aliphatic carbocycles. The first-order chi connectivity index (χ1) is 11.7. The first-order valence-electron chi connectivity index (χ1n) is 8.35. The van der Waals surface area contributed by atoms with Crippen LogP contribution in [0.3, 0.4) is 0 Å². The predicted octanol–water partition coefficient (Wildman–Crippen LogP) is 4.55. The molecular weight excluding hydrogens is 300 g/mol. The second-order valence-corrected chi connectivity index (χ2v) is 6.11. The van der Waals surface area contributed by atoms with Crippen LogP contribution in [-0.4, -0.2) is 12.2 Å². The predicted molar refractivity (Wildman–Crippen MR) is 94.4 cm³/mol. The third-order valence-electron chi connectivity index (χ3n) is 4.36. The highest BCUT2D eigenvalue weighted by molar-refractivity contribution is 5.41. The molecule has 3 unspecified atom stereocenters. The smallest absolute Gasteiger partial charge is 0.211 e. The molecule has 0 saturated heterocycles. The SMILES string of the molecule is CCC1CC=CC(CC2C=CC=CC(N=C=O)=C2)C=C(N=C=O)C1. The van der Waals surface area contributed by atoms with E-state index in [0.29, 0.717) is 11.6 Å². The molecule has 0 aromatic carbocycles. The fraction of sp³-hybridized carbons (Fsp3) is 0.400. The van der Waals surface area contributed by atoms with Gasteiger partial charge in [0.2, 0.25) is 12.2 Å². The molecule has 4 heteroatoms. The fourth-order valence-electron chi connectivity index (χ4n) is 3.07. The Balaban J connectivity index is 2.18. The summed E-state index contributed by atoms with van der Waals surface area (Å²) in [4.78, 5) is 28.8. The summed E-state index contributed by atoms with van der Waals surface area (Å²) in [7, 11) is 0. The Kier molecular flexibility index (Phi) is 7.10. The highest BCUT2D eigenvalue weighted by Gasteiger charge is 2.16. The van der Waals surface area contributed by atoms with E-state index < -0.39 is 0 Å². The number of hydrogen-bond donors (Lipinski definition) is 0. The van der Waals surface area contributed by atoms with Gasteiger partial charge in [-0.2, -0.15) is 9.98 Å². The van der Waals surface area contributed by atoms with Gasteiger partial charge in [0.1, 0.15) is 0 Å². The van der Waals surface area contributed by atoms with E-state index in [1.54, 1.807) is 18.2 Å². The lowest BCUT2D eigenvalue weighted by molar-refractivity contribution is 0.495. The summed E-state index contributed by atoms with van der Waals surface area (Å²) in [5.41, 5.74) is 1.44. The topological polar surface area (TPSA) is 58.9 Å². The highest BCUT2D eigenvalue weighted by atomic mass is 16.1. The van der Waals surface area contributed by atoms with Crippen LogP contribution in [0.4, 0.5) is 0 Å². The van der Waals surface area contributed by atoms with Gasteiger partial charge in [0.25, 0.3) is 0 Å². The Morgan fingerprint density at radius 1 is 1.08 bits per heavy atom. The van der Waals surface area contributed by atoms with Gasteiger partial charge in [-0.1, -0.05) is 55.9 Å². The molecule has 24 heavy (non-hydrogen) atoms. The molecule has 2 aliphatic rings. The van der Waals surface area contributed by atoms with Crippen molar-refractivity contribution in [2.75, 3.05) is 0 Å². The van der Waals surface area contributed by atoms with Crippen LogP contribution in [0.5, 0.6) is 0 Å². The monoisotopic (exact) mass is 322 g/mol. The molecule has 0 saturated carbocycles. The van der Waals surface area contributed by atoms with Crippen molar-refractivity contribution in [3.05, 3.63) is 60.0 Å². The third kappa shape index (κ3) is 5.58. The van der Waals surface area contributed by atoms with Crippen LogP contribution < -0.4 is 0 Å². The average Bonchev–Trinajstić information content (AvgIpc) is 2.77. The summed E-state index contributed by atoms with van der Waals surface area (Å²) < 4.78 is 0. The van der Waals surface area contributed by atoms with Crippen LogP contribution in [0, 0.1) is 17.8 Å². The van der Waals surface area contributed by atoms with Crippen LogP contribution in [0.1, 0.15) is 32.6 Å². The van der Waals surface area contributed by atoms with Crippen molar-refractivity contribution >= 4 is 12.2 Å². The molecule has 0 fully saturated rings. The molecule has 124 valence electrons. The van der Waals surface area contributed by atoms with Gasteiger partial charge < -0.3 is 0 Å². The van der Waals surface area contributed by atoms with Crippen molar-refractivity contribution in [2.24, 2.45) is 27.7 Å². The van der Waals surface area contributed by atoms with E-state index in [1.165, 1.54) is 0 Å². The number of nitrogens with zero attached hydrogens (tertiary/aromatic N) is 2. The van der Waals surface area contributed by atoms with E-state index in [9.17, 15) is 9.59 Å². The Bertz CT molecular complexity index is 684. The maximum absolute atomic E-state index is 10.7. The van der Waals surface area contributed by atoms with Crippen LogP contribution in [-0.2, 0) is 9.59 Å². The molecule has 0 bridgehead atoms. The average molecular weight is 322 g/mol. The van der Waals surface area contributed by atoms with Crippen molar-refractivity contribution in [1.29, 1.82) is 0 Å². The summed E-state index contributed by atoms with van der Waals surface area (Å²) in [5.74, 6) is 0.849. The third-order valence-corrected chi connectivity index (χ3v) is 4.36. The summed E-state index contributed by atoms with van der Waals surface area (Å²) in [6, 6.07) is 0.